The van der Waals surface area contributed by atoms with Crippen molar-refractivity contribution in [2.24, 2.45) is 0 Å². The van der Waals surface area contributed by atoms with Crippen molar-refractivity contribution in [3.05, 3.63) is 68.9 Å². The van der Waals surface area contributed by atoms with Crippen molar-refractivity contribution in [1.29, 1.82) is 0 Å². The predicted octanol–water partition coefficient (Wildman–Crippen LogP) is 4.13. The summed E-state index contributed by atoms with van der Waals surface area (Å²) >= 11 is 5.82. The number of H-pyrrole nitrogens is 1. The van der Waals surface area contributed by atoms with Gasteiger partial charge in [0.15, 0.2) is 0 Å². The Kier molecular flexibility index (Phi) is 7.51. The second kappa shape index (κ2) is 10.8. The fraction of sp³-hybridized carbons (Fsp3) is 0.250. The van der Waals surface area contributed by atoms with Crippen molar-refractivity contribution in [2.75, 3.05) is 20.8 Å². The Morgan fingerprint density at radius 1 is 1.11 bits per heavy atom. The molecule has 188 valence electrons. The van der Waals surface area contributed by atoms with Gasteiger partial charge in [-0.15, -0.1) is 10.2 Å². The first-order valence-electron chi connectivity index (χ1n) is 10.8. The van der Waals surface area contributed by atoms with Crippen LogP contribution in [0.15, 0.2) is 39.7 Å². The van der Waals surface area contributed by atoms with E-state index in [0.29, 0.717) is 11.8 Å². The van der Waals surface area contributed by atoms with E-state index in [9.17, 15) is 14.3 Å². The quantitative estimate of drug-likeness (QED) is 0.315. The van der Waals surface area contributed by atoms with Crippen LogP contribution in [0.25, 0.3) is 22.6 Å². The van der Waals surface area contributed by atoms with E-state index in [-0.39, 0.29) is 58.7 Å². The molecule has 0 bridgehead atoms. The molecule has 0 saturated heterocycles. The number of nitrogens with one attached hydrogen (secondary N) is 1. The zero-order valence-electron chi connectivity index (χ0n) is 19.6. The molecule has 0 atom stereocenters. The molecule has 0 aliphatic heterocycles. The van der Waals surface area contributed by atoms with Gasteiger partial charge in [-0.2, -0.15) is 0 Å². The van der Waals surface area contributed by atoms with E-state index in [1.807, 2.05) is 0 Å². The molecule has 0 fully saturated rings. The Bertz CT molecular complexity index is 1410. The van der Waals surface area contributed by atoms with E-state index in [1.165, 1.54) is 14.2 Å². The number of pyridine rings is 2. The predicted molar refractivity (Wildman–Crippen MR) is 128 cm³/mol. The average molecular weight is 517 g/mol. The second-order valence-corrected chi connectivity index (χ2v) is 7.91. The molecule has 1 aromatic carbocycles. The van der Waals surface area contributed by atoms with Crippen LogP contribution in [0, 0.1) is 5.82 Å². The van der Waals surface area contributed by atoms with Crippen LogP contribution in [-0.4, -0.2) is 46.1 Å². The summed E-state index contributed by atoms with van der Waals surface area (Å²) in [6.45, 7) is 2.06. The average Bonchev–Trinajstić information content (AvgIpc) is 3.31. The lowest BCUT2D eigenvalue weighted by Crippen LogP contribution is -2.15. The van der Waals surface area contributed by atoms with Gasteiger partial charge < -0.3 is 28.7 Å². The third-order valence-corrected chi connectivity index (χ3v) is 5.49. The van der Waals surface area contributed by atoms with Gasteiger partial charge in [-0.1, -0.05) is 17.7 Å². The highest BCUT2D eigenvalue weighted by Crippen LogP contribution is 2.46. The lowest BCUT2D eigenvalue weighted by molar-refractivity contribution is 0.131. The lowest BCUT2D eigenvalue weighted by atomic mass is 9.98. The maximum Gasteiger partial charge on any atom is 0.264 e. The third-order valence-electron chi connectivity index (χ3n) is 5.26. The van der Waals surface area contributed by atoms with E-state index in [1.54, 1.807) is 25.3 Å². The topological polar surface area (TPSA) is 133 Å². The summed E-state index contributed by atoms with van der Waals surface area (Å²) in [5.74, 6) is -0.986. The number of hydrogen-bond donors (Lipinski definition) is 2. The number of nitrogens with zero attached hydrogens (tertiary/aromatic N) is 3. The summed E-state index contributed by atoms with van der Waals surface area (Å²) in [6, 6.07) is 5.64. The van der Waals surface area contributed by atoms with Crippen molar-refractivity contribution >= 4 is 11.6 Å². The van der Waals surface area contributed by atoms with Gasteiger partial charge in [-0.05, 0) is 18.6 Å². The number of aromatic amines is 1. The van der Waals surface area contributed by atoms with Gasteiger partial charge in [-0.25, -0.2) is 9.37 Å². The standard InChI is InChI=1S/C24H22ClFN4O6/c1-4-35-11-14-19(20-15(33-2)8-13(26)9-16(20)34-3)22(31)21(23(32)28-14)24-30-29-18(36-24)7-12-5-6-17(25)27-10-12/h5-6,8-10H,4,7,11H2,1-3H3,(H2,28,31,32). The summed E-state index contributed by atoms with van der Waals surface area (Å²) in [7, 11) is 2.69. The molecule has 4 aromatic rings. The molecular weight excluding hydrogens is 495 g/mol. The van der Waals surface area contributed by atoms with Crippen LogP contribution in [0.4, 0.5) is 4.39 Å². The summed E-state index contributed by atoms with van der Waals surface area (Å²) < 4.78 is 36.1. The Hall–Kier alpha value is -3.96. The summed E-state index contributed by atoms with van der Waals surface area (Å²) in [4.78, 5) is 19.7. The minimum absolute atomic E-state index is 0.0583. The normalized spacial score (nSPS) is 11.0. The lowest BCUT2D eigenvalue weighted by Gasteiger charge is -2.18. The minimum atomic E-state index is -0.686. The van der Waals surface area contributed by atoms with Gasteiger partial charge in [0.1, 0.15) is 33.8 Å². The first kappa shape index (κ1) is 25.1. The van der Waals surface area contributed by atoms with Crippen LogP contribution in [0.1, 0.15) is 24.1 Å². The molecule has 3 aromatic heterocycles. The van der Waals surface area contributed by atoms with Crippen LogP contribution >= 0.6 is 11.6 Å². The van der Waals surface area contributed by atoms with Gasteiger partial charge in [0, 0.05) is 24.9 Å². The molecule has 36 heavy (non-hydrogen) atoms. The SMILES string of the molecule is CCOCc1[nH]c(=O)c(-c2nnc(Cc3ccc(Cl)nc3)o2)c(O)c1-c1c(OC)cc(F)cc1OC. The van der Waals surface area contributed by atoms with Crippen LogP contribution in [0.5, 0.6) is 17.2 Å². The molecule has 0 unspecified atom stereocenters. The first-order chi connectivity index (χ1) is 17.4. The highest BCUT2D eigenvalue weighted by atomic mass is 35.5. The van der Waals surface area contributed by atoms with Crippen molar-refractivity contribution in [3.8, 4) is 39.8 Å². The van der Waals surface area contributed by atoms with Crippen LogP contribution in [-0.2, 0) is 17.8 Å². The van der Waals surface area contributed by atoms with Gasteiger partial charge in [0.25, 0.3) is 11.4 Å². The zero-order chi connectivity index (χ0) is 25.8. The van der Waals surface area contributed by atoms with E-state index in [2.05, 4.69) is 20.2 Å². The number of aromatic hydroxyl groups is 1. The fourth-order valence-corrected chi connectivity index (χ4v) is 3.77. The molecule has 0 radical (unpaired) electrons. The number of methoxy groups -OCH3 is 2. The summed E-state index contributed by atoms with van der Waals surface area (Å²) in [5.41, 5.74) is 0.326. The van der Waals surface area contributed by atoms with Crippen LogP contribution in [0.3, 0.4) is 0 Å². The molecular formula is C24H22ClFN4O6. The second-order valence-electron chi connectivity index (χ2n) is 7.52. The fourth-order valence-electron chi connectivity index (χ4n) is 3.66. The van der Waals surface area contributed by atoms with Crippen molar-refractivity contribution < 1.29 is 28.1 Å². The minimum Gasteiger partial charge on any atom is -0.506 e. The first-order valence-corrected chi connectivity index (χ1v) is 11.1. The van der Waals surface area contributed by atoms with Crippen molar-refractivity contribution in [1.82, 2.24) is 20.2 Å². The Labute approximate surface area is 209 Å². The van der Waals surface area contributed by atoms with Crippen LogP contribution < -0.4 is 15.0 Å². The van der Waals surface area contributed by atoms with E-state index < -0.39 is 17.1 Å². The largest absolute Gasteiger partial charge is 0.506 e. The molecule has 0 amide bonds. The molecule has 10 nitrogen and oxygen atoms in total. The molecule has 0 spiro atoms. The monoisotopic (exact) mass is 516 g/mol. The van der Waals surface area contributed by atoms with Crippen molar-refractivity contribution in [2.45, 2.75) is 20.0 Å². The zero-order valence-corrected chi connectivity index (χ0v) is 20.4. The Morgan fingerprint density at radius 2 is 1.83 bits per heavy atom. The highest BCUT2D eigenvalue weighted by molar-refractivity contribution is 6.29. The molecule has 2 N–H and O–H groups in total. The Balaban J connectivity index is 1.88. The molecule has 12 heteroatoms. The van der Waals surface area contributed by atoms with Crippen LogP contribution in [0.2, 0.25) is 5.15 Å². The van der Waals surface area contributed by atoms with E-state index in [0.717, 1.165) is 17.7 Å². The van der Waals surface area contributed by atoms with Gasteiger partial charge in [0.2, 0.25) is 5.89 Å². The number of halogens is 2. The van der Waals surface area contributed by atoms with Crippen molar-refractivity contribution in [3.63, 3.8) is 0 Å². The van der Waals surface area contributed by atoms with Gasteiger partial charge in [0.05, 0.1) is 44.1 Å². The number of benzene rings is 1. The van der Waals surface area contributed by atoms with Gasteiger partial charge >= 0.3 is 0 Å². The molecule has 0 aliphatic rings. The Morgan fingerprint density at radius 3 is 2.44 bits per heavy atom. The number of hydrogen-bond acceptors (Lipinski definition) is 9. The molecule has 3 heterocycles. The molecule has 0 aliphatic carbocycles. The van der Waals surface area contributed by atoms with E-state index >= 15 is 0 Å². The summed E-state index contributed by atoms with van der Waals surface area (Å²) in [5, 5.41) is 19.6. The third kappa shape index (κ3) is 5.02. The maximum absolute atomic E-state index is 14.2. The number of aromatic nitrogens is 4. The molecule has 4 rings (SSSR count). The van der Waals surface area contributed by atoms with E-state index in [4.69, 9.17) is 30.2 Å². The highest BCUT2D eigenvalue weighted by Gasteiger charge is 2.28. The number of ether oxygens (including phenoxy) is 3. The maximum atomic E-state index is 14.2. The summed E-state index contributed by atoms with van der Waals surface area (Å²) in [6.07, 6.45) is 1.79. The van der Waals surface area contributed by atoms with Gasteiger partial charge in [-0.3, -0.25) is 4.79 Å². The number of rotatable bonds is 9. The smallest absolute Gasteiger partial charge is 0.264 e. The molecule has 0 saturated carbocycles.